The minimum Gasteiger partial charge on any atom is -0.302 e. The van der Waals surface area contributed by atoms with E-state index in [0.29, 0.717) is 19.4 Å². The third kappa shape index (κ3) is 2.67. The standard InChI is InChI=1S/C12H14N2O2/c15-11-7-6-10(12(16)14-11)13-8-9-4-2-1-3-5-9/h1-5,10,13H,6-8H2,(H,14,15,16). The van der Waals surface area contributed by atoms with Crippen LogP contribution in [0.1, 0.15) is 18.4 Å². The summed E-state index contributed by atoms with van der Waals surface area (Å²) in [6, 6.07) is 9.62. The average molecular weight is 218 g/mol. The minimum absolute atomic E-state index is 0.178. The molecule has 2 N–H and O–H groups in total. The summed E-state index contributed by atoms with van der Waals surface area (Å²) in [6.07, 6.45) is 0.996. The van der Waals surface area contributed by atoms with E-state index in [4.69, 9.17) is 0 Å². The van der Waals surface area contributed by atoms with Gasteiger partial charge in [0.1, 0.15) is 0 Å². The lowest BCUT2D eigenvalue weighted by molar-refractivity contribution is -0.134. The summed E-state index contributed by atoms with van der Waals surface area (Å²) in [5, 5.41) is 5.47. The molecule has 1 atom stereocenters. The molecule has 2 rings (SSSR count). The Morgan fingerprint density at radius 3 is 2.69 bits per heavy atom. The van der Waals surface area contributed by atoms with Gasteiger partial charge in [-0.3, -0.25) is 14.9 Å². The van der Waals surface area contributed by atoms with E-state index in [9.17, 15) is 9.59 Å². The van der Waals surface area contributed by atoms with Crippen LogP contribution in [-0.4, -0.2) is 17.9 Å². The molecule has 1 aliphatic heterocycles. The second-order valence-electron chi connectivity index (χ2n) is 3.87. The summed E-state index contributed by atoms with van der Waals surface area (Å²) < 4.78 is 0. The summed E-state index contributed by atoms with van der Waals surface area (Å²) in [6.45, 7) is 0.646. The molecular weight excluding hydrogens is 204 g/mol. The van der Waals surface area contributed by atoms with Crippen LogP contribution in [0.3, 0.4) is 0 Å². The van der Waals surface area contributed by atoms with Gasteiger partial charge in [-0.1, -0.05) is 30.3 Å². The molecule has 0 saturated carbocycles. The van der Waals surface area contributed by atoms with Crippen LogP contribution in [0.4, 0.5) is 0 Å². The van der Waals surface area contributed by atoms with Crippen molar-refractivity contribution < 1.29 is 9.59 Å². The maximum Gasteiger partial charge on any atom is 0.243 e. The first-order valence-electron chi connectivity index (χ1n) is 5.37. The Balaban J connectivity index is 1.87. The second kappa shape index (κ2) is 4.90. The molecule has 1 saturated heterocycles. The van der Waals surface area contributed by atoms with E-state index < -0.39 is 0 Å². The number of hydrogen-bond donors (Lipinski definition) is 2. The van der Waals surface area contributed by atoms with Crippen molar-refractivity contribution in [3.05, 3.63) is 35.9 Å². The third-order valence-corrected chi connectivity index (χ3v) is 2.63. The molecule has 4 heteroatoms. The highest BCUT2D eigenvalue weighted by atomic mass is 16.2. The largest absolute Gasteiger partial charge is 0.302 e. The van der Waals surface area contributed by atoms with E-state index >= 15 is 0 Å². The lowest BCUT2D eigenvalue weighted by Gasteiger charge is -2.21. The van der Waals surface area contributed by atoms with Crippen LogP contribution in [-0.2, 0) is 16.1 Å². The summed E-state index contributed by atoms with van der Waals surface area (Å²) in [4.78, 5) is 22.4. The number of benzene rings is 1. The molecular formula is C12H14N2O2. The van der Waals surface area contributed by atoms with Crippen molar-refractivity contribution in [2.75, 3.05) is 0 Å². The van der Waals surface area contributed by atoms with Gasteiger partial charge < -0.3 is 5.32 Å². The quantitative estimate of drug-likeness (QED) is 0.730. The van der Waals surface area contributed by atoms with Crippen LogP contribution >= 0.6 is 0 Å². The van der Waals surface area contributed by atoms with E-state index in [1.54, 1.807) is 0 Å². The van der Waals surface area contributed by atoms with Gasteiger partial charge in [0.25, 0.3) is 0 Å². The lowest BCUT2D eigenvalue weighted by atomic mass is 10.1. The second-order valence-corrected chi connectivity index (χ2v) is 3.87. The molecule has 1 aromatic carbocycles. The van der Waals surface area contributed by atoms with Crippen molar-refractivity contribution in [1.29, 1.82) is 0 Å². The van der Waals surface area contributed by atoms with Crippen molar-refractivity contribution in [2.24, 2.45) is 0 Å². The Morgan fingerprint density at radius 2 is 2.00 bits per heavy atom. The molecule has 2 amide bonds. The van der Waals surface area contributed by atoms with Gasteiger partial charge in [0.05, 0.1) is 6.04 Å². The smallest absolute Gasteiger partial charge is 0.243 e. The monoisotopic (exact) mass is 218 g/mol. The van der Waals surface area contributed by atoms with Crippen LogP contribution in [0.2, 0.25) is 0 Å². The molecule has 1 aromatic rings. The van der Waals surface area contributed by atoms with Gasteiger partial charge >= 0.3 is 0 Å². The number of piperidine rings is 1. The van der Waals surface area contributed by atoms with Gasteiger partial charge in [-0.25, -0.2) is 0 Å². The SMILES string of the molecule is O=C1CCC(NCc2ccccc2)C(=O)N1. The summed E-state index contributed by atoms with van der Waals surface area (Å²) >= 11 is 0. The van der Waals surface area contributed by atoms with Crippen LogP contribution in [0.15, 0.2) is 30.3 Å². The van der Waals surface area contributed by atoms with Gasteiger partial charge in [0, 0.05) is 13.0 Å². The summed E-state index contributed by atoms with van der Waals surface area (Å²) in [5.74, 6) is -0.394. The lowest BCUT2D eigenvalue weighted by Crippen LogP contribution is -2.50. The van der Waals surface area contributed by atoms with E-state index in [2.05, 4.69) is 10.6 Å². The zero-order valence-corrected chi connectivity index (χ0v) is 8.90. The number of rotatable bonds is 3. The molecule has 0 spiro atoms. The predicted octanol–water partition coefficient (Wildman–Crippen LogP) is 0.581. The van der Waals surface area contributed by atoms with E-state index in [1.165, 1.54) is 0 Å². The van der Waals surface area contributed by atoms with Crippen molar-refractivity contribution in [3.8, 4) is 0 Å². The highest BCUT2D eigenvalue weighted by Gasteiger charge is 2.25. The molecule has 0 aromatic heterocycles. The summed E-state index contributed by atoms with van der Waals surface area (Å²) in [5.41, 5.74) is 1.13. The topological polar surface area (TPSA) is 58.2 Å². The van der Waals surface area contributed by atoms with E-state index in [0.717, 1.165) is 5.56 Å². The van der Waals surface area contributed by atoms with Crippen molar-refractivity contribution >= 4 is 11.8 Å². The highest BCUT2D eigenvalue weighted by Crippen LogP contribution is 2.06. The molecule has 1 unspecified atom stereocenters. The molecule has 0 radical (unpaired) electrons. The zero-order valence-electron chi connectivity index (χ0n) is 8.90. The maximum atomic E-state index is 11.4. The minimum atomic E-state index is -0.252. The molecule has 0 bridgehead atoms. The van der Waals surface area contributed by atoms with Gasteiger partial charge in [-0.05, 0) is 12.0 Å². The number of nitrogens with one attached hydrogen (secondary N) is 2. The van der Waals surface area contributed by atoms with Crippen molar-refractivity contribution in [3.63, 3.8) is 0 Å². The third-order valence-electron chi connectivity index (χ3n) is 2.63. The predicted molar refractivity (Wildman–Crippen MR) is 59.5 cm³/mol. The Morgan fingerprint density at radius 1 is 1.25 bits per heavy atom. The van der Waals surface area contributed by atoms with Gasteiger partial charge in [0.2, 0.25) is 11.8 Å². The molecule has 1 fully saturated rings. The molecule has 16 heavy (non-hydrogen) atoms. The van der Waals surface area contributed by atoms with Crippen LogP contribution in [0.25, 0.3) is 0 Å². The molecule has 0 aliphatic carbocycles. The van der Waals surface area contributed by atoms with E-state index in [1.807, 2.05) is 30.3 Å². The van der Waals surface area contributed by atoms with Gasteiger partial charge in [-0.2, -0.15) is 0 Å². The zero-order chi connectivity index (χ0) is 11.4. The summed E-state index contributed by atoms with van der Waals surface area (Å²) in [7, 11) is 0. The van der Waals surface area contributed by atoms with Crippen molar-refractivity contribution in [1.82, 2.24) is 10.6 Å². The van der Waals surface area contributed by atoms with Crippen molar-refractivity contribution in [2.45, 2.75) is 25.4 Å². The Labute approximate surface area is 94.0 Å². The Kier molecular flexibility index (Phi) is 3.31. The van der Waals surface area contributed by atoms with Crippen LogP contribution in [0.5, 0.6) is 0 Å². The van der Waals surface area contributed by atoms with Crippen LogP contribution in [0, 0.1) is 0 Å². The van der Waals surface area contributed by atoms with E-state index in [-0.39, 0.29) is 17.9 Å². The molecule has 1 aliphatic rings. The fourth-order valence-corrected chi connectivity index (χ4v) is 1.73. The Hall–Kier alpha value is -1.68. The van der Waals surface area contributed by atoms with Gasteiger partial charge in [-0.15, -0.1) is 0 Å². The average Bonchev–Trinajstić information content (AvgIpc) is 2.29. The number of carbonyl (C=O) groups is 2. The first-order chi connectivity index (χ1) is 7.75. The number of hydrogen-bond acceptors (Lipinski definition) is 3. The fraction of sp³-hybridized carbons (Fsp3) is 0.333. The normalized spacial score (nSPS) is 20.6. The molecule has 84 valence electrons. The van der Waals surface area contributed by atoms with Gasteiger partial charge in [0.15, 0.2) is 0 Å². The first kappa shape index (κ1) is 10.8. The maximum absolute atomic E-state index is 11.4. The van der Waals surface area contributed by atoms with Crippen LogP contribution < -0.4 is 10.6 Å². The highest BCUT2D eigenvalue weighted by molar-refractivity contribution is 6.00. The number of amides is 2. The molecule has 4 nitrogen and oxygen atoms in total. The first-order valence-corrected chi connectivity index (χ1v) is 5.37. The molecule has 1 heterocycles. The number of imide groups is 1. The Bertz CT molecular complexity index is 389. The number of carbonyl (C=O) groups excluding carboxylic acids is 2. The fourth-order valence-electron chi connectivity index (χ4n) is 1.73.